The third-order valence-electron chi connectivity index (χ3n) is 0.688. The summed E-state index contributed by atoms with van der Waals surface area (Å²) in [6.07, 6.45) is -3.76. The quantitative estimate of drug-likeness (QED) is 0.471. The van der Waals surface area contributed by atoms with Gasteiger partial charge in [0.15, 0.2) is 0 Å². The Morgan fingerprint density at radius 2 is 1.90 bits per heavy atom. The maximum absolute atomic E-state index is 11.3. The first-order valence-electron chi connectivity index (χ1n) is 2.77. The van der Waals surface area contributed by atoms with Crippen LogP contribution in [0.5, 0.6) is 0 Å². The molecule has 0 heterocycles. The molecule has 0 unspecified atom stereocenters. The Kier molecular flexibility index (Phi) is 4.81. The van der Waals surface area contributed by atoms with E-state index in [1.165, 1.54) is 0 Å². The third-order valence-corrected chi connectivity index (χ3v) is 0.955. The van der Waals surface area contributed by atoms with Crippen LogP contribution in [0.2, 0.25) is 0 Å². The number of halogens is 4. The summed E-state index contributed by atoms with van der Waals surface area (Å²) in [5.41, 5.74) is 0. The van der Waals surface area contributed by atoms with Crippen molar-refractivity contribution in [3.8, 4) is 0 Å². The highest BCUT2D eigenvalue weighted by molar-refractivity contribution is 6.17. The minimum atomic E-state index is -4.22. The lowest BCUT2D eigenvalue weighted by atomic mass is 10.5. The Balaban J connectivity index is 3.04. The van der Waals surface area contributed by atoms with Crippen LogP contribution in [0.1, 0.15) is 6.42 Å². The molecule has 0 aliphatic carbocycles. The summed E-state index contributed by atoms with van der Waals surface area (Å²) in [6.45, 7) is -1.10. The standard InChI is InChI=1S/C5H8ClF3O/c6-2-1-3-10-4-5(7,8)9/h1-4H2. The maximum atomic E-state index is 11.3. The zero-order valence-electron chi connectivity index (χ0n) is 5.25. The molecule has 0 radical (unpaired) electrons. The van der Waals surface area contributed by atoms with Crippen LogP contribution in [0.4, 0.5) is 13.2 Å². The first-order chi connectivity index (χ1) is 4.56. The summed E-state index contributed by atoms with van der Waals surface area (Å²) in [6, 6.07) is 0. The highest BCUT2D eigenvalue weighted by Crippen LogP contribution is 2.14. The first-order valence-corrected chi connectivity index (χ1v) is 3.30. The van der Waals surface area contributed by atoms with E-state index in [1.807, 2.05) is 0 Å². The average molecular weight is 177 g/mol. The van der Waals surface area contributed by atoms with Gasteiger partial charge in [0, 0.05) is 12.5 Å². The van der Waals surface area contributed by atoms with Gasteiger partial charge in [-0.3, -0.25) is 0 Å². The van der Waals surface area contributed by atoms with Crippen LogP contribution in [-0.2, 0) is 4.74 Å². The van der Waals surface area contributed by atoms with E-state index in [4.69, 9.17) is 11.6 Å². The SMILES string of the molecule is FC(F)(F)COCCCCl. The zero-order chi connectivity index (χ0) is 8.04. The average Bonchev–Trinajstić information content (AvgIpc) is 1.78. The van der Waals surface area contributed by atoms with Gasteiger partial charge in [-0.2, -0.15) is 13.2 Å². The van der Waals surface area contributed by atoms with Crippen molar-refractivity contribution in [3.63, 3.8) is 0 Å². The van der Waals surface area contributed by atoms with Gasteiger partial charge >= 0.3 is 6.18 Å². The maximum Gasteiger partial charge on any atom is 0.411 e. The number of hydrogen-bond acceptors (Lipinski definition) is 1. The van der Waals surface area contributed by atoms with Crippen molar-refractivity contribution in [1.29, 1.82) is 0 Å². The summed E-state index contributed by atoms with van der Waals surface area (Å²) < 4.78 is 38.2. The van der Waals surface area contributed by atoms with E-state index in [0.29, 0.717) is 12.3 Å². The van der Waals surface area contributed by atoms with Crippen LogP contribution in [0.15, 0.2) is 0 Å². The molecule has 0 N–H and O–H groups in total. The smallest absolute Gasteiger partial charge is 0.372 e. The molecule has 0 aliphatic heterocycles. The van der Waals surface area contributed by atoms with Gasteiger partial charge in [-0.15, -0.1) is 11.6 Å². The van der Waals surface area contributed by atoms with Gasteiger partial charge in [-0.05, 0) is 6.42 Å². The predicted octanol–water partition coefficient (Wildman–Crippen LogP) is 2.19. The molecule has 0 atom stereocenters. The molecule has 10 heavy (non-hydrogen) atoms. The van der Waals surface area contributed by atoms with E-state index in [-0.39, 0.29) is 6.61 Å². The van der Waals surface area contributed by atoms with Gasteiger partial charge in [0.25, 0.3) is 0 Å². The summed E-state index contributed by atoms with van der Waals surface area (Å²) in [5, 5.41) is 0. The Labute approximate surface area is 62.1 Å². The zero-order valence-corrected chi connectivity index (χ0v) is 6.00. The van der Waals surface area contributed by atoms with E-state index in [9.17, 15) is 13.2 Å². The van der Waals surface area contributed by atoms with Crippen LogP contribution >= 0.6 is 11.6 Å². The topological polar surface area (TPSA) is 9.23 Å². The Bertz CT molecular complexity index is 83.5. The molecule has 0 saturated carbocycles. The fourth-order valence-electron chi connectivity index (χ4n) is 0.345. The van der Waals surface area contributed by atoms with Gasteiger partial charge in [0.1, 0.15) is 6.61 Å². The summed E-state index contributed by atoms with van der Waals surface area (Å²) in [5.74, 6) is 0.331. The molecule has 5 heteroatoms. The van der Waals surface area contributed by atoms with E-state index in [1.54, 1.807) is 0 Å². The number of ether oxygens (including phenoxy) is 1. The van der Waals surface area contributed by atoms with Crippen LogP contribution in [0.25, 0.3) is 0 Å². The monoisotopic (exact) mass is 176 g/mol. The molecule has 0 saturated heterocycles. The van der Waals surface area contributed by atoms with Crippen LogP contribution in [0, 0.1) is 0 Å². The molecular weight excluding hydrogens is 169 g/mol. The molecule has 0 aromatic rings. The molecule has 0 amide bonds. The van der Waals surface area contributed by atoms with Gasteiger partial charge in [-0.25, -0.2) is 0 Å². The molecule has 1 nitrogen and oxygen atoms in total. The fraction of sp³-hybridized carbons (Fsp3) is 1.00. The first kappa shape index (κ1) is 10.0. The fourth-order valence-corrected chi connectivity index (χ4v) is 0.454. The Hall–Kier alpha value is 0.0400. The lowest BCUT2D eigenvalue weighted by molar-refractivity contribution is -0.173. The molecule has 0 spiro atoms. The van der Waals surface area contributed by atoms with Crippen molar-refractivity contribution < 1.29 is 17.9 Å². The lowest BCUT2D eigenvalue weighted by Crippen LogP contribution is -2.17. The second kappa shape index (κ2) is 4.79. The Morgan fingerprint density at radius 3 is 2.30 bits per heavy atom. The van der Waals surface area contributed by atoms with Crippen molar-refractivity contribution in [1.82, 2.24) is 0 Å². The predicted molar refractivity (Wildman–Crippen MR) is 32.2 cm³/mol. The lowest BCUT2D eigenvalue weighted by Gasteiger charge is -2.05. The van der Waals surface area contributed by atoms with Crippen molar-refractivity contribution in [3.05, 3.63) is 0 Å². The van der Waals surface area contributed by atoms with Crippen LogP contribution in [-0.4, -0.2) is 25.3 Å². The summed E-state index contributed by atoms with van der Waals surface area (Å²) in [7, 11) is 0. The molecular formula is C5H8ClF3O. The molecule has 0 aromatic heterocycles. The second-order valence-corrected chi connectivity index (χ2v) is 2.09. The van der Waals surface area contributed by atoms with Crippen LogP contribution < -0.4 is 0 Å². The molecule has 0 aromatic carbocycles. The van der Waals surface area contributed by atoms with E-state index in [0.717, 1.165) is 0 Å². The van der Waals surface area contributed by atoms with Gasteiger partial charge in [0.05, 0.1) is 0 Å². The van der Waals surface area contributed by atoms with E-state index < -0.39 is 12.8 Å². The van der Waals surface area contributed by atoms with Crippen molar-refractivity contribution in [2.45, 2.75) is 12.6 Å². The highest BCUT2D eigenvalue weighted by atomic mass is 35.5. The molecule has 0 bridgehead atoms. The van der Waals surface area contributed by atoms with E-state index in [2.05, 4.69) is 4.74 Å². The van der Waals surface area contributed by atoms with Crippen molar-refractivity contribution in [2.75, 3.05) is 19.1 Å². The number of rotatable bonds is 4. The van der Waals surface area contributed by atoms with Crippen molar-refractivity contribution in [2.24, 2.45) is 0 Å². The van der Waals surface area contributed by atoms with Crippen LogP contribution in [0.3, 0.4) is 0 Å². The molecule has 62 valence electrons. The summed E-state index contributed by atoms with van der Waals surface area (Å²) >= 11 is 5.19. The van der Waals surface area contributed by atoms with Gasteiger partial charge < -0.3 is 4.74 Å². The van der Waals surface area contributed by atoms with Gasteiger partial charge in [-0.1, -0.05) is 0 Å². The third kappa shape index (κ3) is 8.04. The minimum Gasteiger partial charge on any atom is -0.372 e. The molecule has 0 aliphatic rings. The van der Waals surface area contributed by atoms with E-state index >= 15 is 0 Å². The highest BCUT2D eigenvalue weighted by Gasteiger charge is 2.26. The number of hydrogen-bond donors (Lipinski definition) is 0. The molecule has 0 rings (SSSR count). The Morgan fingerprint density at radius 1 is 1.30 bits per heavy atom. The van der Waals surface area contributed by atoms with Crippen molar-refractivity contribution >= 4 is 11.6 Å². The number of alkyl halides is 4. The minimum absolute atomic E-state index is 0.0724. The normalized spacial score (nSPS) is 12.0. The molecule has 0 fully saturated rings. The largest absolute Gasteiger partial charge is 0.411 e. The summed E-state index contributed by atoms with van der Waals surface area (Å²) in [4.78, 5) is 0. The second-order valence-electron chi connectivity index (χ2n) is 1.71. The van der Waals surface area contributed by atoms with Gasteiger partial charge in [0.2, 0.25) is 0 Å².